The summed E-state index contributed by atoms with van der Waals surface area (Å²) in [5.41, 5.74) is 5.38. The second-order valence-electron chi connectivity index (χ2n) is 13.3. The Morgan fingerprint density at radius 3 is 1.94 bits per heavy atom. The fraction of sp³-hybridized carbons (Fsp3) is 0.122. The first-order chi connectivity index (χ1) is 22.8. The average Bonchev–Trinajstić information content (AvgIpc) is 3.08. The molecule has 6 aromatic carbocycles. The van der Waals surface area contributed by atoms with Gasteiger partial charge in [-0.25, -0.2) is 0 Å². The molecule has 0 atom stereocenters. The number of para-hydroxylation sites is 3. The molecule has 0 unspecified atom stereocenters. The molecule has 230 valence electrons. The standard InChI is InChI=1S/C41H33NO2S2Si/c1-41(2)26-14-5-6-19-31(26)44-38-27(41)15-11-16-28(38)42(29-17-12-21-33-39(29)45-34-22-8-7-20-32(34)43-33)30-18-13-25-37-40(30)46-35-23-9-10-24-36(35)47(37,3)4/h5-25H,1-4H3. The number of nitrogens with zero attached hydrogens (tertiary/aromatic N) is 1. The van der Waals surface area contributed by atoms with Crippen LogP contribution in [0.3, 0.4) is 0 Å². The zero-order valence-corrected chi connectivity index (χ0v) is 29.3. The van der Waals surface area contributed by atoms with Crippen molar-refractivity contribution in [2.24, 2.45) is 0 Å². The van der Waals surface area contributed by atoms with Crippen LogP contribution in [-0.2, 0) is 5.41 Å². The molecule has 0 spiro atoms. The summed E-state index contributed by atoms with van der Waals surface area (Å²) in [6, 6.07) is 45.7. The van der Waals surface area contributed by atoms with Gasteiger partial charge in [-0.2, -0.15) is 0 Å². The molecule has 0 saturated carbocycles. The highest BCUT2D eigenvalue weighted by atomic mass is 32.2. The Balaban J connectivity index is 1.32. The maximum atomic E-state index is 6.93. The fourth-order valence-corrected chi connectivity index (χ4v) is 13.9. The van der Waals surface area contributed by atoms with Crippen LogP contribution in [0.5, 0.6) is 23.0 Å². The maximum Gasteiger partial charge on any atom is 0.155 e. The van der Waals surface area contributed by atoms with Gasteiger partial charge in [0.15, 0.2) is 5.75 Å². The van der Waals surface area contributed by atoms with Crippen molar-refractivity contribution in [3.8, 4) is 23.0 Å². The molecule has 6 aromatic rings. The minimum Gasteiger partial charge on any atom is -0.455 e. The van der Waals surface area contributed by atoms with Crippen molar-refractivity contribution >= 4 is 59.0 Å². The van der Waals surface area contributed by atoms with E-state index in [9.17, 15) is 0 Å². The Morgan fingerprint density at radius 2 is 1.09 bits per heavy atom. The topological polar surface area (TPSA) is 21.7 Å². The Kier molecular flexibility index (Phi) is 6.49. The van der Waals surface area contributed by atoms with E-state index < -0.39 is 8.07 Å². The van der Waals surface area contributed by atoms with Gasteiger partial charge in [0.2, 0.25) is 0 Å². The van der Waals surface area contributed by atoms with Gasteiger partial charge >= 0.3 is 0 Å². The van der Waals surface area contributed by atoms with Crippen LogP contribution in [-0.4, -0.2) is 8.07 Å². The Labute approximate surface area is 285 Å². The van der Waals surface area contributed by atoms with Gasteiger partial charge < -0.3 is 14.4 Å². The Bertz CT molecular complexity index is 2140. The van der Waals surface area contributed by atoms with E-state index in [2.05, 4.69) is 147 Å². The van der Waals surface area contributed by atoms with Crippen molar-refractivity contribution < 1.29 is 9.47 Å². The largest absolute Gasteiger partial charge is 0.455 e. The highest BCUT2D eigenvalue weighted by Crippen LogP contribution is 2.58. The van der Waals surface area contributed by atoms with Crippen LogP contribution in [0.1, 0.15) is 25.0 Å². The van der Waals surface area contributed by atoms with Gasteiger partial charge in [0, 0.05) is 26.3 Å². The van der Waals surface area contributed by atoms with E-state index in [1.54, 1.807) is 11.8 Å². The third-order valence-electron chi connectivity index (χ3n) is 9.84. The number of fused-ring (bicyclic) bond motifs is 6. The molecule has 0 amide bonds. The molecule has 3 aliphatic heterocycles. The first-order valence-corrected chi connectivity index (χ1v) is 20.7. The van der Waals surface area contributed by atoms with E-state index >= 15 is 0 Å². The van der Waals surface area contributed by atoms with Crippen LogP contribution < -0.4 is 24.7 Å². The number of benzene rings is 6. The number of rotatable bonds is 3. The summed E-state index contributed by atoms with van der Waals surface area (Å²) in [6.07, 6.45) is 0. The lowest BCUT2D eigenvalue weighted by molar-refractivity contribution is 0.419. The quantitative estimate of drug-likeness (QED) is 0.175. The van der Waals surface area contributed by atoms with Crippen molar-refractivity contribution in [2.75, 3.05) is 4.90 Å². The van der Waals surface area contributed by atoms with E-state index in [-0.39, 0.29) is 5.41 Å². The van der Waals surface area contributed by atoms with Gasteiger partial charge in [-0.05, 0) is 58.9 Å². The van der Waals surface area contributed by atoms with Crippen LogP contribution in [0.25, 0.3) is 0 Å². The summed E-state index contributed by atoms with van der Waals surface area (Å²) in [7, 11) is -1.99. The minimum atomic E-state index is -1.99. The third-order valence-corrected chi connectivity index (χ3v) is 16.1. The summed E-state index contributed by atoms with van der Waals surface area (Å²) in [5, 5.41) is 2.96. The van der Waals surface area contributed by atoms with Gasteiger partial charge in [-0.1, -0.05) is 129 Å². The number of anilines is 3. The monoisotopic (exact) mass is 663 g/mol. The summed E-state index contributed by atoms with van der Waals surface area (Å²) in [4.78, 5) is 7.31. The minimum absolute atomic E-state index is 0.239. The summed E-state index contributed by atoms with van der Waals surface area (Å²) in [6.45, 7) is 9.57. The molecular weight excluding hydrogens is 631 g/mol. The van der Waals surface area contributed by atoms with Crippen LogP contribution >= 0.6 is 23.5 Å². The van der Waals surface area contributed by atoms with E-state index in [0.29, 0.717) is 0 Å². The molecule has 0 N–H and O–H groups in total. The molecular formula is C41H33NO2S2Si. The number of hydrogen-bond donors (Lipinski definition) is 0. The predicted octanol–water partition coefficient (Wildman–Crippen LogP) is 11.1. The van der Waals surface area contributed by atoms with Crippen LogP contribution in [0.4, 0.5) is 17.1 Å². The molecule has 3 aliphatic rings. The molecule has 0 bridgehead atoms. The molecule has 3 heterocycles. The SMILES string of the molecule is CC1(C)c2ccccc2Oc2c(N(c3cccc4c3Sc3ccccc3O4)c3cccc4c3Sc3ccccc3[Si]4(C)C)cccc21. The van der Waals surface area contributed by atoms with Gasteiger partial charge in [0.1, 0.15) is 25.3 Å². The maximum absolute atomic E-state index is 6.93. The first kappa shape index (κ1) is 28.8. The molecule has 0 aromatic heterocycles. The average molecular weight is 664 g/mol. The Hall–Kier alpha value is -4.36. The fourth-order valence-electron chi connectivity index (χ4n) is 7.35. The lowest BCUT2D eigenvalue weighted by atomic mass is 9.75. The molecule has 9 rings (SSSR count). The molecule has 0 radical (unpaired) electrons. The lowest BCUT2D eigenvalue weighted by Gasteiger charge is -2.40. The van der Waals surface area contributed by atoms with Crippen LogP contribution in [0, 0.1) is 0 Å². The Morgan fingerprint density at radius 1 is 0.511 bits per heavy atom. The highest BCUT2D eigenvalue weighted by molar-refractivity contribution is 8.00. The highest BCUT2D eigenvalue weighted by Gasteiger charge is 2.40. The van der Waals surface area contributed by atoms with Gasteiger partial charge in [-0.3, -0.25) is 0 Å². The van der Waals surface area contributed by atoms with Crippen LogP contribution in [0.2, 0.25) is 13.1 Å². The van der Waals surface area contributed by atoms with E-state index in [0.717, 1.165) is 49.9 Å². The van der Waals surface area contributed by atoms with Crippen molar-refractivity contribution in [1.82, 2.24) is 0 Å². The summed E-state index contributed by atoms with van der Waals surface area (Å²) in [5.74, 6) is 3.56. The zero-order chi connectivity index (χ0) is 31.9. The number of ether oxygens (including phenoxy) is 2. The van der Waals surface area contributed by atoms with Crippen LogP contribution in [0.15, 0.2) is 147 Å². The molecule has 0 saturated heterocycles. The van der Waals surface area contributed by atoms with E-state index in [1.807, 2.05) is 23.9 Å². The predicted molar refractivity (Wildman–Crippen MR) is 198 cm³/mol. The zero-order valence-electron chi connectivity index (χ0n) is 26.7. The van der Waals surface area contributed by atoms with Gasteiger partial charge in [-0.15, -0.1) is 0 Å². The summed E-state index contributed by atoms with van der Waals surface area (Å²) < 4.78 is 13.5. The van der Waals surface area contributed by atoms with Gasteiger partial charge in [0.05, 0.1) is 26.9 Å². The third kappa shape index (κ3) is 4.35. The second-order valence-corrected chi connectivity index (χ2v) is 19.8. The van der Waals surface area contributed by atoms with Crippen molar-refractivity contribution in [1.29, 1.82) is 0 Å². The van der Waals surface area contributed by atoms with E-state index in [4.69, 9.17) is 9.47 Å². The lowest BCUT2D eigenvalue weighted by Crippen LogP contribution is -2.56. The van der Waals surface area contributed by atoms with Crippen molar-refractivity contribution in [3.05, 3.63) is 139 Å². The molecule has 3 nitrogen and oxygen atoms in total. The summed E-state index contributed by atoms with van der Waals surface area (Å²) >= 11 is 3.67. The number of hydrogen-bond acceptors (Lipinski definition) is 5. The van der Waals surface area contributed by atoms with Crippen molar-refractivity contribution in [3.63, 3.8) is 0 Å². The molecule has 0 fully saturated rings. The van der Waals surface area contributed by atoms with Crippen molar-refractivity contribution in [2.45, 2.75) is 51.9 Å². The molecule has 0 aliphatic carbocycles. The first-order valence-electron chi connectivity index (χ1n) is 16.0. The van der Waals surface area contributed by atoms with Gasteiger partial charge in [0.25, 0.3) is 0 Å². The molecule has 47 heavy (non-hydrogen) atoms. The normalized spacial score (nSPS) is 15.7. The smallest absolute Gasteiger partial charge is 0.155 e. The van der Waals surface area contributed by atoms with E-state index in [1.165, 1.54) is 31.3 Å². The molecule has 6 heteroatoms. The second kappa shape index (κ2) is 10.6.